The molecule has 4 nitrogen and oxygen atoms in total. The van der Waals surface area contributed by atoms with Gasteiger partial charge in [-0.25, -0.2) is 4.68 Å². The Morgan fingerprint density at radius 3 is 2.69 bits per heavy atom. The number of rotatable bonds is 3. The van der Waals surface area contributed by atoms with Gasteiger partial charge in [0.2, 0.25) is 0 Å². The van der Waals surface area contributed by atoms with Gasteiger partial charge in [0, 0.05) is 6.54 Å². The van der Waals surface area contributed by atoms with Crippen molar-refractivity contribution in [3.05, 3.63) is 11.4 Å². The first-order valence-corrected chi connectivity index (χ1v) is 6.16. The third kappa shape index (κ3) is 2.43. The van der Waals surface area contributed by atoms with Crippen molar-refractivity contribution in [1.29, 1.82) is 0 Å². The highest BCUT2D eigenvalue weighted by atomic mass is 35.5. The van der Waals surface area contributed by atoms with Crippen molar-refractivity contribution in [3.8, 4) is 0 Å². The maximum absolute atomic E-state index is 11.0. The van der Waals surface area contributed by atoms with E-state index < -0.39 is 5.24 Å². The molecule has 16 heavy (non-hydrogen) atoms. The first-order valence-electron chi connectivity index (χ1n) is 5.78. The van der Waals surface area contributed by atoms with Gasteiger partial charge in [0.15, 0.2) is 5.69 Å². The molecule has 1 aliphatic rings. The minimum atomic E-state index is -0.521. The highest BCUT2D eigenvalue weighted by Crippen LogP contribution is 2.25. The molecule has 0 aromatic carbocycles. The zero-order valence-corrected chi connectivity index (χ0v) is 10.2. The standard InChI is InChI=1S/C11H16ClN3O/c1-8-10(11(12)16)13-14-15(8)7-9-5-3-2-4-6-9/h9H,2-7H2,1H3. The summed E-state index contributed by atoms with van der Waals surface area (Å²) in [5.74, 6) is 0.674. The fraction of sp³-hybridized carbons (Fsp3) is 0.727. The molecule has 1 fully saturated rings. The predicted octanol–water partition coefficient (Wildman–Crippen LogP) is 2.55. The minimum Gasteiger partial charge on any atom is -0.274 e. The second-order valence-electron chi connectivity index (χ2n) is 4.48. The number of carbonyl (C=O) groups is 1. The van der Waals surface area contributed by atoms with E-state index in [1.165, 1.54) is 32.1 Å². The number of nitrogens with zero attached hydrogens (tertiary/aromatic N) is 3. The SMILES string of the molecule is Cc1c(C(=O)Cl)nnn1CC1CCCCC1. The molecule has 1 aromatic heterocycles. The molecule has 0 spiro atoms. The third-order valence-corrected chi connectivity index (χ3v) is 3.50. The van der Waals surface area contributed by atoms with Crippen molar-refractivity contribution in [1.82, 2.24) is 15.0 Å². The fourth-order valence-electron chi connectivity index (χ4n) is 2.33. The average molecular weight is 242 g/mol. The van der Waals surface area contributed by atoms with Gasteiger partial charge in [0.1, 0.15) is 0 Å². The number of hydrogen-bond acceptors (Lipinski definition) is 3. The molecule has 1 heterocycles. The van der Waals surface area contributed by atoms with Crippen LogP contribution in [0.4, 0.5) is 0 Å². The van der Waals surface area contributed by atoms with Gasteiger partial charge >= 0.3 is 0 Å². The molecule has 1 aromatic rings. The van der Waals surface area contributed by atoms with Crippen LogP contribution in [0.3, 0.4) is 0 Å². The second kappa shape index (κ2) is 4.95. The van der Waals surface area contributed by atoms with Crippen LogP contribution in [0.2, 0.25) is 0 Å². The van der Waals surface area contributed by atoms with E-state index in [-0.39, 0.29) is 5.69 Å². The van der Waals surface area contributed by atoms with E-state index in [2.05, 4.69) is 10.3 Å². The topological polar surface area (TPSA) is 47.8 Å². The first-order chi connectivity index (χ1) is 7.68. The maximum atomic E-state index is 11.0. The summed E-state index contributed by atoms with van der Waals surface area (Å²) in [6.07, 6.45) is 6.46. The zero-order valence-electron chi connectivity index (χ0n) is 9.45. The van der Waals surface area contributed by atoms with Crippen LogP contribution in [0, 0.1) is 12.8 Å². The first kappa shape index (κ1) is 11.6. The van der Waals surface area contributed by atoms with Crippen LogP contribution in [0.25, 0.3) is 0 Å². The lowest BCUT2D eigenvalue weighted by atomic mass is 9.89. The molecule has 0 saturated heterocycles. The Morgan fingerprint density at radius 1 is 1.44 bits per heavy atom. The molecular weight excluding hydrogens is 226 g/mol. The smallest absolute Gasteiger partial charge is 0.274 e. The van der Waals surface area contributed by atoms with Crippen LogP contribution in [-0.4, -0.2) is 20.2 Å². The van der Waals surface area contributed by atoms with Crippen LogP contribution >= 0.6 is 11.6 Å². The molecule has 0 unspecified atom stereocenters. The molecule has 1 aliphatic carbocycles. The summed E-state index contributed by atoms with van der Waals surface area (Å²) in [4.78, 5) is 11.0. The Morgan fingerprint density at radius 2 is 2.12 bits per heavy atom. The molecule has 1 saturated carbocycles. The molecule has 0 atom stereocenters. The van der Waals surface area contributed by atoms with Gasteiger partial charge in [-0.1, -0.05) is 24.5 Å². The number of carbonyl (C=O) groups excluding carboxylic acids is 1. The molecule has 0 N–H and O–H groups in total. The van der Waals surface area contributed by atoms with E-state index in [1.54, 1.807) is 0 Å². The molecule has 5 heteroatoms. The summed E-state index contributed by atoms with van der Waals surface area (Å²) in [7, 11) is 0. The summed E-state index contributed by atoms with van der Waals surface area (Å²) in [5.41, 5.74) is 1.07. The predicted molar refractivity (Wildman–Crippen MR) is 61.5 cm³/mol. The highest BCUT2D eigenvalue weighted by Gasteiger charge is 2.18. The fourth-order valence-corrected chi connectivity index (χ4v) is 2.50. The van der Waals surface area contributed by atoms with Crippen molar-refractivity contribution in [2.24, 2.45) is 5.92 Å². The Balaban J connectivity index is 2.06. The molecule has 2 rings (SSSR count). The van der Waals surface area contributed by atoms with E-state index in [1.807, 2.05) is 11.6 Å². The number of halogens is 1. The van der Waals surface area contributed by atoms with Crippen molar-refractivity contribution in [3.63, 3.8) is 0 Å². The van der Waals surface area contributed by atoms with Crippen LogP contribution in [0.5, 0.6) is 0 Å². The molecule has 88 valence electrons. The van der Waals surface area contributed by atoms with E-state index in [4.69, 9.17) is 11.6 Å². The van der Waals surface area contributed by atoms with Crippen LogP contribution in [0.15, 0.2) is 0 Å². The Kier molecular flexibility index (Phi) is 3.59. The van der Waals surface area contributed by atoms with Crippen LogP contribution in [0.1, 0.15) is 48.3 Å². The largest absolute Gasteiger partial charge is 0.274 e. The summed E-state index contributed by atoms with van der Waals surface area (Å²) < 4.78 is 1.81. The average Bonchev–Trinajstić information content (AvgIpc) is 2.62. The summed E-state index contributed by atoms with van der Waals surface area (Å²) in [6.45, 7) is 2.71. The Hall–Kier alpha value is -0.900. The van der Waals surface area contributed by atoms with Crippen LogP contribution in [-0.2, 0) is 6.54 Å². The normalized spacial score (nSPS) is 17.6. The molecular formula is C11H16ClN3O. The zero-order chi connectivity index (χ0) is 11.5. The Bertz CT molecular complexity index is 383. The summed E-state index contributed by atoms with van der Waals surface area (Å²) in [5, 5.41) is 7.28. The van der Waals surface area contributed by atoms with Gasteiger partial charge in [0.05, 0.1) is 5.69 Å². The van der Waals surface area contributed by atoms with E-state index in [9.17, 15) is 4.79 Å². The van der Waals surface area contributed by atoms with E-state index in [0.29, 0.717) is 5.92 Å². The minimum absolute atomic E-state index is 0.289. The summed E-state index contributed by atoms with van der Waals surface area (Å²) >= 11 is 5.41. The van der Waals surface area contributed by atoms with Crippen molar-refractivity contribution in [2.75, 3.05) is 0 Å². The Labute approximate surface area is 100.0 Å². The lowest BCUT2D eigenvalue weighted by Crippen LogP contribution is -2.16. The van der Waals surface area contributed by atoms with Crippen LogP contribution < -0.4 is 0 Å². The lowest BCUT2D eigenvalue weighted by Gasteiger charge is -2.21. The van der Waals surface area contributed by atoms with Gasteiger partial charge in [-0.05, 0) is 37.3 Å². The van der Waals surface area contributed by atoms with Gasteiger partial charge in [-0.3, -0.25) is 4.79 Å². The monoisotopic (exact) mass is 241 g/mol. The van der Waals surface area contributed by atoms with Crippen molar-refractivity contribution >= 4 is 16.8 Å². The molecule has 0 aliphatic heterocycles. The third-order valence-electron chi connectivity index (χ3n) is 3.32. The molecule has 0 radical (unpaired) electrons. The highest BCUT2D eigenvalue weighted by molar-refractivity contribution is 6.67. The number of hydrogen-bond donors (Lipinski definition) is 0. The maximum Gasteiger partial charge on any atom is 0.274 e. The van der Waals surface area contributed by atoms with E-state index >= 15 is 0 Å². The van der Waals surface area contributed by atoms with Crippen molar-refractivity contribution in [2.45, 2.75) is 45.6 Å². The lowest BCUT2D eigenvalue weighted by molar-refractivity contribution is 0.107. The van der Waals surface area contributed by atoms with Gasteiger partial charge < -0.3 is 0 Å². The van der Waals surface area contributed by atoms with Gasteiger partial charge in [0.25, 0.3) is 5.24 Å². The summed E-state index contributed by atoms with van der Waals surface area (Å²) in [6, 6.07) is 0. The quantitative estimate of drug-likeness (QED) is 0.764. The van der Waals surface area contributed by atoms with Crippen molar-refractivity contribution < 1.29 is 4.79 Å². The van der Waals surface area contributed by atoms with Gasteiger partial charge in [-0.2, -0.15) is 0 Å². The second-order valence-corrected chi connectivity index (χ2v) is 4.83. The molecule has 0 bridgehead atoms. The number of aromatic nitrogens is 3. The van der Waals surface area contributed by atoms with E-state index in [0.717, 1.165) is 12.2 Å². The van der Waals surface area contributed by atoms with Gasteiger partial charge in [-0.15, -0.1) is 5.10 Å². The molecule has 0 amide bonds.